The predicted octanol–water partition coefficient (Wildman–Crippen LogP) is 0.0186. The van der Waals surface area contributed by atoms with Gasteiger partial charge in [0.15, 0.2) is 0 Å². The van der Waals surface area contributed by atoms with E-state index in [9.17, 15) is 8.42 Å². The van der Waals surface area contributed by atoms with Gasteiger partial charge in [0, 0.05) is 38.5 Å². The zero-order valence-electron chi connectivity index (χ0n) is 15.4. The average molecular weight is 371 g/mol. The molecule has 0 radical (unpaired) electrons. The summed E-state index contributed by atoms with van der Waals surface area (Å²) in [6, 6.07) is 0.486. The van der Waals surface area contributed by atoms with Crippen LogP contribution in [0.25, 0.3) is 0 Å². The van der Waals surface area contributed by atoms with Crippen LogP contribution in [0.3, 0.4) is 0 Å². The fourth-order valence-electron chi connectivity index (χ4n) is 5.56. The fraction of sp³-hybridized carbons (Fsp3) is 1.00. The average Bonchev–Trinajstić information content (AvgIpc) is 3.05. The molecule has 144 valence electrons. The van der Waals surface area contributed by atoms with Gasteiger partial charge in [-0.05, 0) is 62.9 Å². The Bertz CT molecular complexity index is 547. The molecule has 3 heterocycles. The standard InChI is InChI=1S/C18H34N4O2S/c1-25(23,24)16-4-2-13(3-5-16)17-9-20-10-18(21-17)22-11-14-6-7-19-8-15(14)12-22/h13-21H,2-12H2,1H3. The third-order valence-corrected chi connectivity index (χ3v) is 8.83. The molecular formula is C18H34N4O2S. The molecule has 3 N–H and O–H groups in total. The molecule has 4 unspecified atom stereocenters. The number of nitrogens with one attached hydrogen (secondary N) is 3. The number of piperazine rings is 1. The highest BCUT2D eigenvalue weighted by atomic mass is 32.2. The highest BCUT2D eigenvalue weighted by molar-refractivity contribution is 7.91. The fourth-order valence-corrected chi connectivity index (χ4v) is 6.69. The third kappa shape index (κ3) is 4.05. The Labute approximate surface area is 152 Å². The first-order chi connectivity index (χ1) is 12.0. The van der Waals surface area contributed by atoms with Crippen LogP contribution >= 0.6 is 0 Å². The molecule has 0 bridgehead atoms. The molecular weight excluding hydrogens is 336 g/mol. The number of rotatable bonds is 3. The molecule has 0 aromatic rings. The van der Waals surface area contributed by atoms with Crippen LogP contribution in [0.1, 0.15) is 32.1 Å². The number of piperidine rings is 1. The van der Waals surface area contributed by atoms with Gasteiger partial charge < -0.3 is 10.6 Å². The van der Waals surface area contributed by atoms with E-state index in [1.165, 1.54) is 38.9 Å². The Kier molecular flexibility index (Phi) is 5.40. The van der Waals surface area contributed by atoms with Gasteiger partial charge in [-0.1, -0.05) is 0 Å². The molecule has 4 aliphatic rings. The number of fused-ring (bicyclic) bond motifs is 1. The Morgan fingerprint density at radius 2 is 1.60 bits per heavy atom. The maximum atomic E-state index is 11.8. The molecule has 0 aromatic carbocycles. The van der Waals surface area contributed by atoms with Gasteiger partial charge in [0.05, 0.1) is 11.4 Å². The number of likely N-dealkylation sites (tertiary alicyclic amines) is 1. The van der Waals surface area contributed by atoms with E-state index in [4.69, 9.17) is 0 Å². The van der Waals surface area contributed by atoms with Crippen molar-refractivity contribution in [1.29, 1.82) is 0 Å². The van der Waals surface area contributed by atoms with E-state index in [0.717, 1.165) is 50.6 Å². The van der Waals surface area contributed by atoms with E-state index >= 15 is 0 Å². The summed E-state index contributed by atoms with van der Waals surface area (Å²) in [7, 11) is -2.87. The Balaban J connectivity index is 1.31. The minimum atomic E-state index is -2.87. The number of sulfone groups is 1. The van der Waals surface area contributed by atoms with Gasteiger partial charge in [-0.15, -0.1) is 0 Å². The normalized spacial score (nSPS) is 43.7. The van der Waals surface area contributed by atoms with E-state index in [2.05, 4.69) is 20.9 Å². The first-order valence-corrected chi connectivity index (χ1v) is 12.1. The smallest absolute Gasteiger partial charge is 0.150 e. The molecule has 4 rings (SSSR count). The van der Waals surface area contributed by atoms with Crippen LogP contribution in [0.4, 0.5) is 0 Å². The van der Waals surface area contributed by atoms with Crippen molar-refractivity contribution < 1.29 is 8.42 Å². The molecule has 6 nitrogen and oxygen atoms in total. The number of hydrogen-bond acceptors (Lipinski definition) is 6. The molecule has 1 saturated carbocycles. The van der Waals surface area contributed by atoms with Gasteiger partial charge >= 0.3 is 0 Å². The summed E-state index contributed by atoms with van der Waals surface area (Å²) in [6.45, 7) is 6.86. The molecule has 0 amide bonds. The van der Waals surface area contributed by atoms with E-state index in [1.54, 1.807) is 0 Å². The van der Waals surface area contributed by atoms with Crippen LogP contribution in [0.15, 0.2) is 0 Å². The quantitative estimate of drug-likeness (QED) is 0.650. The molecule has 25 heavy (non-hydrogen) atoms. The van der Waals surface area contributed by atoms with Gasteiger partial charge in [0.1, 0.15) is 9.84 Å². The van der Waals surface area contributed by atoms with Gasteiger partial charge in [-0.2, -0.15) is 0 Å². The Morgan fingerprint density at radius 1 is 0.840 bits per heavy atom. The molecule has 0 spiro atoms. The van der Waals surface area contributed by atoms with E-state index in [0.29, 0.717) is 18.1 Å². The van der Waals surface area contributed by atoms with Crippen molar-refractivity contribution >= 4 is 9.84 Å². The lowest BCUT2D eigenvalue weighted by molar-refractivity contribution is 0.119. The second-order valence-corrected chi connectivity index (χ2v) is 11.1. The molecule has 1 aliphatic carbocycles. The van der Waals surface area contributed by atoms with Crippen molar-refractivity contribution in [2.75, 3.05) is 45.5 Å². The maximum absolute atomic E-state index is 11.8. The second kappa shape index (κ2) is 7.43. The maximum Gasteiger partial charge on any atom is 0.150 e. The number of hydrogen-bond donors (Lipinski definition) is 3. The Hall–Kier alpha value is -0.210. The number of nitrogens with zero attached hydrogens (tertiary/aromatic N) is 1. The Morgan fingerprint density at radius 3 is 2.32 bits per heavy atom. The van der Waals surface area contributed by atoms with Gasteiger partial charge in [0.2, 0.25) is 0 Å². The summed E-state index contributed by atoms with van der Waals surface area (Å²) in [4.78, 5) is 2.66. The zero-order valence-corrected chi connectivity index (χ0v) is 16.2. The summed E-state index contributed by atoms with van der Waals surface area (Å²) < 4.78 is 23.6. The lowest BCUT2D eigenvalue weighted by atomic mass is 9.83. The van der Waals surface area contributed by atoms with Crippen molar-refractivity contribution in [1.82, 2.24) is 20.9 Å². The van der Waals surface area contributed by atoms with Crippen molar-refractivity contribution in [2.24, 2.45) is 17.8 Å². The third-order valence-electron chi connectivity index (χ3n) is 7.15. The van der Waals surface area contributed by atoms with E-state index < -0.39 is 9.84 Å². The van der Waals surface area contributed by atoms with Crippen molar-refractivity contribution in [2.45, 2.75) is 49.6 Å². The lowest BCUT2D eigenvalue weighted by Crippen LogP contribution is -2.63. The van der Waals surface area contributed by atoms with Crippen LogP contribution in [-0.2, 0) is 9.84 Å². The minimum Gasteiger partial charge on any atom is -0.316 e. The predicted molar refractivity (Wildman–Crippen MR) is 100 cm³/mol. The monoisotopic (exact) mass is 370 g/mol. The van der Waals surface area contributed by atoms with Gasteiger partial charge in [-0.3, -0.25) is 10.2 Å². The minimum absolute atomic E-state index is 0.106. The molecule has 4 atom stereocenters. The SMILES string of the molecule is CS(=O)(=O)C1CCC(C2CNCC(N3CC4CCNCC4C3)N2)CC1. The second-order valence-electron chi connectivity index (χ2n) is 8.78. The van der Waals surface area contributed by atoms with E-state index in [-0.39, 0.29) is 5.25 Å². The lowest BCUT2D eigenvalue weighted by Gasteiger charge is -2.42. The molecule has 0 aromatic heterocycles. The van der Waals surface area contributed by atoms with Crippen LogP contribution < -0.4 is 16.0 Å². The van der Waals surface area contributed by atoms with Crippen molar-refractivity contribution in [3.63, 3.8) is 0 Å². The molecule has 7 heteroatoms. The summed E-state index contributed by atoms with van der Waals surface area (Å²) in [5.74, 6) is 2.30. The van der Waals surface area contributed by atoms with Gasteiger partial charge in [0.25, 0.3) is 0 Å². The molecule has 4 fully saturated rings. The topological polar surface area (TPSA) is 73.5 Å². The molecule has 3 aliphatic heterocycles. The first-order valence-electron chi connectivity index (χ1n) is 10.1. The van der Waals surface area contributed by atoms with E-state index in [1.807, 2.05) is 0 Å². The first kappa shape index (κ1) is 18.2. The van der Waals surface area contributed by atoms with Crippen LogP contribution in [0, 0.1) is 17.8 Å². The zero-order chi connectivity index (χ0) is 17.4. The van der Waals surface area contributed by atoms with Crippen LogP contribution in [0.2, 0.25) is 0 Å². The highest BCUT2D eigenvalue weighted by Gasteiger charge is 2.40. The summed E-state index contributed by atoms with van der Waals surface area (Å²) in [5, 5.41) is 11.0. The van der Waals surface area contributed by atoms with Crippen LogP contribution in [-0.4, -0.2) is 76.3 Å². The van der Waals surface area contributed by atoms with Gasteiger partial charge in [-0.25, -0.2) is 8.42 Å². The largest absolute Gasteiger partial charge is 0.316 e. The summed E-state index contributed by atoms with van der Waals surface area (Å²) in [5.41, 5.74) is 0. The summed E-state index contributed by atoms with van der Waals surface area (Å²) >= 11 is 0. The van der Waals surface area contributed by atoms with Crippen molar-refractivity contribution in [3.8, 4) is 0 Å². The summed E-state index contributed by atoms with van der Waals surface area (Å²) in [6.07, 6.45) is 6.92. The van der Waals surface area contributed by atoms with Crippen LogP contribution in [0.5, 0.6) is 0 Å². The molecule has 3 saturated heterocycles. The van der Waals surface area contributed by atoms with Crippen molar-refractivity contribution in [3.05, 3.63) is 0 Å². The highest BCUT2D eigenvalue weighted by Crippen LogP contribution is 2.32.